The Balaban J connectivity index is 1.24. The number of nitrogens with zero attached hydrogens (tertiary/aromatic N) is 3. The van der Waals surface area contributed by atoms with Crippen LogP contribution in [0.4, 0.5) is 17.1 Å². The van der Waals surface area contributed by atoms with Gasteiger partial charge in [0.1, 0.15) is 0 Å². The molecule has 2 aliphatic rings. The molecular weight excluding hydrogens is 450 g/mol. The molecule has 0 bridgehead atoms. The van der Waals surface area contributed by atoms with E-state index >= 15 is 0 Å². The first-order valence-corrected chi connectivity index (χ1v) is 12.8. The number of amides is 1. The lowest BCUT2D eigenvalue weighted by molar-refractivity contribution is -0.0442. The number of piperazine rings is 1. The summed E-state index contributed by atoms with van der Waals surface area (Å²) in [5, 5.41) is 3.41. The highest BCUT2D eigenvalue weighted by Crippen LogP contribution is 2.24. The highest BCUT2D eigenvalue weighted by Gasteiger charge is 2.31. The molecular formula is C29H35N5O2. The summed E-state index contributed by atoms with van der Waals surface area (Å²) in [6, 6.07) is 26.0. The van der Waals surface area contributed by atoms with Crippen LogP contribution in [0.5, 0.6) is 0 Å². The van der Waals surface area contributed by atoms with E-state index in [4.69, 9.17) is 10.5 Å². The number of morpholine rings is 1. The Morgan fingerprint density at radius 2 is 1.44 bits per heavy atom. The molecule has 2 heterocycles. The molecule has 3 aromatic rings. The zero-order valence-corrected chi connectivity index (χ0v) is 20.7. The fourth-order valence-electron chi connectivity index (χ4n) is 5.05. The largest absolute Gasteiger partial charge is 0.397 e. The lowest BCUT2D eigenvalue weighted by Gasteiger charge is -2.45. The molecule has 7 nitrogen and oxygen atoms in total. The molecule has 0 aliphatic carbocycles. The van der Waals surface area contributed by atoms with Gasteiger partial charge in [0.2, 0.25) is 0 Å². The first-order valence-electron chi connectivity index (χ1n) is 12.8. The Bertz CT molecular complexity index is 1120. The third-order valence-electron chi connectivity index (χ3n) is 7.12. The molecule has 1 atom stereocenters. The van der Waals surface area contributed by atoms with Crippen LogP contribution in [-0.2, 0) is 11.2 Å². The van der Waals surface area contributed by atoms with Gasteiger partial charge in [-0.3, -0.25) is 14.6 Å². The first-order chi connectivity index (χ1) is 17.7. The molecule has 3 N–H and O–H groups in total. The van der Waals surface area contributed by atoms with E-state index in [0.29, 0.717) is 0 Å². The number of anilines is 3. The van der Waals surface area contributed by atoms with Crippen molar-refractivity contribution in [1.29, 1.82) is 0 Å². The number of nitrogen functional groups attached to an aromatic ring is 1. The molecule has 36 heavy (non-hydrogen) atoms. The number of ether oxygens (including phenoxy) is 1. The number of carbonyl (C=O) groups excluding carboxylic acids is 1. The second kappa shape index (κ2) is 11.6. The predicted octanol–water partition coefficient (Wildman–Crippen LogP) is 3.67. The number of hydrogen-bond donors (Lipinski definition) is 2. The van der Waals surface area contributed by atoms with Crippen molar-refractivity contribution in [2.75, 3.05) is 63.5 Å². The maximum Gasteiger partial charge on any atom is 0.253 e. The molecule has 3 aromatic carbocycles. The van der Waals surface area contributed by atoms with Gasteiger partial charge in [-0.1, -0.05) is 42.5 Å². The minimum absolute atomic E-state index is 0.125. The lowest BCUT2D eigenvalue weighted by atomic mass is 10.1. The summed E-state index contributed by atoms with van der Waals surface area (Å²) in [6.45, 7) is 6.63. The van der Waals surface area contributed by atoms with E-state index in [1.807, 2.05) is 59.5 Å². The Hall–Kier alpha value is -3.39. The van der Waals surface area contributed by atoms with Crippen molar-refractivity contribution in [2.24, 2.45) is 0 Å². The number of nitrogens with one attached hydrogen (secondary N) is 1. The SMILES string of the molecule is Nc1ccccc1Nc1ccc(CC(N2CCOCC2)N2CCN(C(=O)c3ccccc3)CC2)cc1. The maximum atomic E-state index is 12.9. The van der Waals surface area contributed by atoms with Crippen LogP contribution in [0.3, 0.4) is 0 Å². The van der Waals surface area contributed by atoms with E-state index in [1.54, 1.807) is 0 Å². The van der Waals surface area contributed by atoms with Crippen molar-refractivity contribution in [3.05, 3.63) is 90.0 Å². The second-order valence-electron chi connectivity index (χ2n) is 9.44. The third kappa shape index (κ3) is 5.87. The molecule has 0 radical (unpaired) electrons. The molecule has 5 rings (SSSR count). The van der Waals surface area contributed by atoms with Gasteiger partial charge in [0.15, 0.2) is 0 Å². The maximum absolute atomic E-state index is 12.9. The van der Waals surface area contributed by atoms with Gasteiger partial charge in [0, 0.05) is 56.9 Å². The molecule has 2 saturated heterocycles. The van der Waals surface area contributed by atoms with E-state index in [0.717, 1.165) is 81.5 Å². The van der Waals surface area contributed by atoms with E-state index in [2.05, 4.69) is 39.4 Å². The number of para-hydroxylation sites is 2. The van der Waals surface area contributed by atoms with Crippen molar-refractivity contribution >= 4 is 23.0 Å². The average molecular weight is 486 g/mol. The summed E-state index contributed by atoms with van der Waals surface area (Å²) in [7, 11) is 0. The molecule has 0 spiro atoms. The normalized spacial score (nSPS) is 18.1. The summed E-state index contributed by atoms with van der Waals surface area (Å²) < 4.78 is 5.64. The van der Waals surface area contributed by atoms with Gasteiger partial charge in [-0.25, -0.2) is 0 Å². The van der Waals surface area contributed by atoms with Crippen LogP contribution in [0.25, 0.3) is 0 Å². The summed E-state index contributed by atoms with van der Waals surface area (Å²) in [4.78, 5) is 20.0. The van der Waals surface area contributed by atoms with Crippen LogP contribution in [0.2, 0.25) is 0 Å². The van der Waals surface area contributed by atoms with E-state index in [9.17, 15) is 4.79 Å². The lowest BCUT2D eigenvalue weighted by Crippen LogP contribution is -2.59. The molecule has 188 valence electrons. The Labute approximate surface area is 213 Å². The summed E-state index contributed by atoms with van der Waals surface area (Å²) in [5.74, 6) is 0.125. The average Bonchev–Trinajstić information content (AvgIpc) is 2.94. The standard InChI is InChI=1S/C29H35N5O2/c30-26-8-4-5-9-27(26)31-25-12-10-23(11-13-25)22-28(33-18-20-36-21-19-33)32-14-16-34(17-15-32)29(35)24-6-2-1-3-7-24/h1-13,28,31H,14-22,30H2. The van der Waals surface area contributed by atoms with E-state index in [-0.39, 0.29) is 12.1 Å². The van der Waals surface area contributed by atoms with Gasteiger partial charge in [0.05, 0.1) is 30.8 Å². The molecule has 1 amide bonds. The van der Waals surface area contributed by atoms with Gasteiger partial charge < -0.3 is 20.7 Å². The summed E-state index contributed by atoms with van der Waals surface area (Å²) in [6.07, 6.45) is 1.21. The number of nitrogens with two attached hydrogens (primary N) is 1. The summed E-state index contributed by atoms with van der Waals surface area (Å²) >= 11 is 0. The highest BCUT2D eigenvalue weighted by atomic mass is 16.5. The minimum atomic E-state index is 0.125. The van der Waals surface area contributed by atoms with Gasteiger partial charge in [-0.2, -0.15) is 0 Å². The Morgan fingerprint density at radius 1 is 0.806 bits per heavy atom. The van der Waals surface area contributed by atoms with Crippen LogP contribution >= 0.6 is 0 Å². The summed E-state index contributed by atoms with van der Waals surface area (Å²) in [5.41, 5.74) is 10.8. The van der Waals surface area contributed by atoms with Gasteiger partial charge >= 0.3 is 0 Å². The fraction of sp³-hybridized carbons (Fsp3) is 0.345. The molecule has 0 saturated carbocycles. The van der Waals surface area contributed by atoms with Crippen molar-refractivity contribution in [1.82, 2.24) is 14.7 Å². The molecule has 1 unspecified atom stereocenters. The zero-order valence-electron chi connectivity index (χ0n) is 20.7. The Kier molecular flexibility index (Phi) is 7.81. The minimum Gasteiger partial charge on any atom is -0.397 e. The van der Waals surface area contributed by atoms with Crippen molar-refractivity contribution < 1.29 is 9.53 Å². The predicted molar refractivity (Wildman–Crippen MR) is 144 cm³/mol. The van der Waals surface area contributed by atoms with Crippen molar-refractivity contribution in [3.63, 3.8) is 0 Å². The quantitative estimate of drug-likeness (QED) is 0.498. The fourth-order valence-corrected chi connectivity index (χ4v) is 5.05. The van der Waals surface area contributed by atoms with E-state index in [1.165, 1.54) is 5.56 Å². The van der Waals surface area contributed by atoms with Gasteiger partial charge in [0.25, 0.3) is 5.91 Å². The van der Waals surface area contributed by atoms with Crippen LogP contribution < -0.4 is 11.1 Å². The van der Waals surface area contributed by atoms with Crippen LogP contribution in [0.1, 0.15) is 15.9 Å². The van der Waals surface area contributed by atoms with Crippen LogP contribution in [0.15, 0.2) is 78.9 Å². The number of benzene rings is 3. The number of carbonyl (C=O) groups is 1. The van der Waals surface area contributed by atoms with Gasteiger partial charge in [-0.05, 0) is 42.0 Å². The molecule has 2 fully saturated rings. The van der Waals surface area contributed by atoms with E-state index < -0.39 is 0 Å². The monoisotopic (exact) mass is 485 g/mol. The number of hydrogen-bond acceptors (Lipinski definition) is 6. The van der Waals surface area contributed by atoms with Crippen LogP contribution in [0, 0.1) is 0 Å². The second-order valence-corrected chi connectivity index (χ2v) is 9.44. The molecule has 0 aromatic heterocycles. The van der Waals surface area contributed by atoms with Gasteiger partial charge in [-0.15, -0.1) is 0 Å². The Morgan fingerprint density at radius 3 is 2.14 bits per heavy atom. The van der Waals surface area contributed by atoms with Crippen molar-refractivity contribution in [3.8, 4) is 0 Å². The topological polar surface area (TPSA) is 74.1 Å². The molecule has 2 aliphatic heterocycles. The number of rotatable bonds is 7. The zero-order chi connectivity index (χ0) is 24.7. The molecule has 7 heteroatoms. The first kappa shape index (κ1) is 24.3. The van der Waals surface area contributed by atoms with Crippen molar-refractivity contribution in [2.45, 2.75) is 12.6 Å². The smallest absolute Gasteiger partial charge is 0.253 e. The van der Waals surface area contributed by atoms with Crippen LogP contribution in [-0.4, -0.2) is 79.3 Å². The third-order valence-corrected chi connectivity index (χ3v) is 7.12. The highest BCUT2D eigenvalue weighted by molar-refractivity contribution is 5.94.